The van der Waals surface area contributed by atoms with Crippen LogP contribution in [0.5, 0.6) is 0 Å². The number of hydrogen-bond donors (Lipinski definition) is 1. The molecule has 0 bridgehead atoms. The van der Waals surface area contributed by atoms with Crippen molar-refractivity contribution in [3.05, 3.63) is 48.0 Å². The van der Waals surface area contributed by atoms with Crippen molar-refractivity contribution in [2.45, 2.75) is 32.4 Å². The van der Waals surface area contributed by atoms with E-state index in [4.69, 9.17) is 5.26 Å². The smallest absolute Gasteiger partial charge is 0.320 e. The fourth-order valence-electron chi connectivity index (χ4n) is 3.30. The number of carbonyl (C=O) groups is 1. The highest BCUT2D eigenvalue weighted by atomic mass is 16.2. The molecule has 10 heteroatoms. The van der Waals surface area contributed by atoms with E-state index < -0.39 is 0 Å². The number of likely N-dealkylation sites (tertiary alicyclic amines) is 1. The topological polar surface area (TPSA) is 118 Å². The summed E-state index contributed by atoms with van der Waals surface area (Å²) in [5.41, 5.74) is 1.31. The van der Waals surface area contributed by atoms with Gasteiger partial charge >= 0.3 is 6.03 Å². The predicted molar refractivity (Wildman–Crippen MR) is 99.6 cm³/mol. The van der Waals surface area contributed by atoms with Crippen LogP contribution in [-0.4, -0.2) is 53.3 Å². The molecule has 1 aliphatic rings. The summed E-state index contributed by atoms with van der Waals surface area (Å²) in [7, 11) is 0. The van der Waals surface area contributed by atoms with E-state index in [1.54, 1.807) is 40.1 Å². The van der Waals surface area contributed by atoms with Crippen molar-refractivity contribution in [2.24, 2.45) is 0 Å². The Bertz CT molecular complexity index is 1000. The van der Waals surface area contributed by atoms with E-state index in [1.165, 1.54) is 6.20 Å². The standard InChI is InChI=1S/C18H19N9O/c1-13-11-27(16-5-4-14(9-19)10-20-16)23-17(13)22-18(28)26-7-2-3-15(26)12-25-8-6-21-24-25/h4-6,8,10-11,15H,2-3,7,12H2,1H3,(H,22,23,28)/t15-/m0/s1. The molecule has 0 aromatic carbocycles. The highest BCUT2D eigenvalue weighted by molar-refractivity contribution is 5.89. The molecule has 2 amide bonds. The summed E-state index contributed by atoms with van der Waals surface area (Å²) in [6, 6.07) is 5.32. The van der Waals surface area contributed by atoms with Gasteiger partial charge in [0, 0.05) is 30.7 Å². The van der Waals surface area contributed by atoms with E-state index in [9.17, 15) is 4.79 Å². The fraction of sp³-hybridized carbons (Fsp3) is 0.333. The number of amides is 2. The summed E-state index contributed by atoms with van der Waals surface area (Å²) in [6.45, 7) is 3.19. The average molecular weight is 377 g/mol. The van der Waals surface area contributed by atoms with Crippen LogP contribution in [0.4, 0.5) is 10.6 Å². The summed E-state index contributed by atoms with van der Waals surface area (Å²) < 4.78 is 3.33. The molecule has 142 valence electrons. The zero-order valence-corrected chi connectivity index (χ0v) is 15.4. The molecule has 4 rings (SSSR count). The van der Waals surface area contributed by atoms with Gasteiger partial charge in [-0.3, -0.25) is 10.00 Å². The largest absolute Gasteiger partial charge is 0.323 e. The normalized spacial score (nSPS) is 16.1. The lowest BCUT2D eigenvalue weighted by Gasteiger charge is -2.24. The first-order chi connectivity index (χ1) is 13.6. The molecule has 0 radical (unpaired) electrons. The Morgan fingerprint density at radius 3 is 3.04 bits per heavy atom. The van der Waals surface area contributed by atoms with Crippen molar-refractivity contribution in [1.29, 1.82) is 5.26 Å². The zero-order valence-electron chi connectivity index (χ0n) is 15.4. The number of nitrogens with zero attached hydrogens (tertiary/aromatic N) is 8. The predicted octanol–water partition coefficient (Wildman–Crippen LogP) is 1.74. The van der Waals surface area contributed by atoms with E-state index in [-0.39, 0.29) is 12.1 Å². The Morgan fingerprint density at radius 2 is 2.32 bits per heavy atom. The molecule has 3 aromatic heterocycles. The highest BCUT2D eigenvalue weighted by Gasteiger charge is 2.30. The van der Waals surface area contributed by atoms with Gasteiger partial charge in [0.2, 0.25) is 0 Å². The lowest BCUT2D eigenvalue weighted by atomic mass is 10.2. The molecular formula is C18H19N9O. The van der Waals surface area contributed by atoms with Crippen molar-refractivity contribution < 1.29 is 4.79 Å². The van der Waals surface area contributed by atoms with Gasteiger partial charge in [-0.15, -0.1) is 10.2 Å². The molecule has 1 saturated heterocycles. The van der Waals surface area contributed by atoms with Gasteiger partial charge in [0.05, 0.1) is 24.3 Å². The van der Waals surface area contributed by atoms with E-state index >= 15 is 0 Å². The monoisotopic (exact) mass is 377 g/mol. The van der Waals surface area contributed by atoms with E-state index in [2.05, 4.69) is 25.7 Å². The molecular weight excluding hydrogens is 358 g/mol. The van der Waals surface area contributed by atoms with E-state index in [0.29, 0.717) is 30.3 Å². The quantitative estimate of drug-likeness (QED) is 0.740. The zero-order chi connectivity index (χ0) is 19.5. The molecule has 1 atom stereocenters. The number of aromatic nitrogens is 6. The molecule has 3 aromatic rings. The van der Waals surface area contributed by atoms with Gasteiger partial charge in [-0.2, -0.15) is 5.26 Å². The summed E-state index contributed by atoms with van der Waals surface area (Å²) in [5, 5.41) is 24.0. The SMILES string of the molecule is Cc1cn(-c2ccc(C#N)cn2)nc1NC(=O)N1CCC[C@H]1Cn1ccnn1. The number of nitriles is 1. The molecule has 0 unspecified atom stereocenters. The number of pyridine rings is 1. The van der Waals surface area contributed by atoms with Gasteiger partial charge < -0.3 is 4.90 Å². The second-order valence-electron chi connectivity index (χ2n) is 6.67. The number of anilines is 1. The Kier molecular flexibility index (Phi) is 4.72. The number of rotatable bonds is 4. The molecule has 0 saturated carbocycles. The van der Waals surface area contributed by atoms with Crippen LogP contribution in [0.3, 0.4) is 0 Å². The Labute approximate surface area is 161 Å². The Morgan fingerprint density at radius 1 is 1.43 bits per heavy atom. The number of aryl methyl sites for hydroxylation is 1. The van der Waals surface area contributed by atoms with Crippen molar-refractivity contribution in [2.75, 3.05) is 11.9 Å². The van der Waals surface area contributed by atoms with Crippen LogP contribution < -0.4 is 5.32 Å². The minimum Gasteiger partial charge on any atom is -0.320 e. The summed E-state index contributed by atoms with van der Waals surface area (Å²) in [6.07, 6.45) is 8.59. The van der Waals surface area contributed by atoms with Crippen LogP contribution in [-0.2, 0) is 6.54 Å². The first-order valence-corrected chi connectivity index (χ1v) is 8.98. The van der Waals surface area contributed by atoms with Gasteiger partial charge in [0.15, 0.2) is 11.6 Å². The molecule has 10 nitrogen and oxygen atoms in total. The molecule has 0 spiro atoms. The Balaban J connectivity index is 1.47. The lowest BCUT2D eigenvalue weighted by Crippen LogP contribution is -2.41. The molecule has 4 heterocycles. The summed E-state index contributed by atoms with van der Waals surface area (Å²) in [4.78, 5) is 18.8. The molecule has 28 heavy (non-hydrogen) atoms. The number of urea groups is 1. The van der Waals surface area contributed by atoms with Crippen molar-refractivity contribution >= 4 is 11.8 Å². The fourth-order valence-corrected chi connectivity index (χ4v) is 3.30. The minimum absolute atomic E-state index is 0.0734. The van der Waals surface area contributed by atoms with Crippen LogP contribution in [0.25, 0.3) is 5.82 Å². The van der Waals surface area contributed by atoms with E-state index in [1.807, 2.05) is 17.9 Å². The molecule has 1 N–H and O–H groups in total. The number of hydrogen-bond acceptors (Lipinski definition) is 6. The van der Waals surface area contributed by atoms with Crippen molar-refractivity contribution in [3.63, 3.8) is 0 Å². The second-order valence-corrected chi connectivity index (χ2v) is 6.67. The number of nitrogens with one attached hydrogen (secondary N) is 1. The third-order valence-electron chi connectivity index (χ3n) is 4.74. The van der Waals surface area contributed by atoms with Crippen molar-refractivity contribution in [1.82, 2.24) is 34.7 Å². The van der Waals surface area contributed by atoms with Crippen LogP contribution in [0.2, 0.25) is 0 Å². The maximum atomic E-state index is 12.8. The maximum absolute atomic E-state index is 12.8. The Hall–Kier alpha value is -3.74. The number of carbonyl (C=O) groups excluding carboxylic acids is 1. The first-order valence-electron chi connectivity index (χ1n) is 8.98. The molecule has 1 aliphatic heterocycles. The lowest BCUT2D eigenvalue weighted by molar-refractivity contribution is 0.199. The van der Waals surface area contributed by atoms with E-state index in [0.717, 1.165) is 18.4 Å². The van der Waals surface area contributed by atoms with Crippen LogP contribution in [0.1, 0.15) is 24.0 Å². The first kappa shape index (κ1) is 17.7. The van der Waals surface area contributed by atoms with Gasteiger partial charge in [-0.1, -0.05) is 5.21 Å². The van der Waals surface area contributed by atoms with Crippen LogP contribution >= 0.6 is 0 Å². The molecule has 1 fully saturated rings. The minimum atomic E-state index is -0.177. The van der Waals surface area contributed by atoms with Gasteiger partial charge in [-0.05, 0) is 31.9 Å². The van der Waals surface area contributed by atoms with Crippen molar-refractivity contribution in [3.8, 4) is 11.9 Å². The molecule has 0 aliphatic carbocycles. The maximum Gasteiger partial charge on any atom is 0.323 e. The summed E-state index contributed by atoms with van der Waals surface area (Å²) >= 11 is 0. The third kappa shape index (κ3) is 3.55. The van der Waals surface area contributed by atoms with Crippen LogP contribution in [0.15, 0.2) is 36.9 Å². The average Bonchev–Trinajstić information content (AvgIpc) is 3.45. The van der Waals surface area contributed by atoms with Gasteiger partial charge in [0.25, 0.3) is 0 Å². The third-order valence-corrected chi connectivity index (χ3v) is 4.74. The summed E-state index contributed by atoms with van der Waals surface area (Å²) in [5.74, 6) is 1.07. The van der Waals surface area contributed by atoms with Gasteiger partial charge in [0.1, 0.15) is 6.07 Å². The second kappa shape index (κ2) is 7.48. The highest BCUT2D eigenvalue weighted by Crippen LogP contribution is 2.21. The van der Waals surface area contributed by atoms with Gasteiger partial charge in [-0.25, -0.2) is 14.5 Å². The van der Waals surface area contributed by atoms with Crippen LogP contribution in [0, 0.1) is 18.3 Å².